The van der Waals surface area contributed by atoms with Crippen LogP contribution in [0.4, 0.5) is 14.6 Å². The molecule has 3 aromatic rings. The van der Waals surface area contributed by atoms with E-state index in [1.165, 1.54) is 24.3 Å². The van der Waals surface area contributed by atoms with E-state index in [1.54, 1.807) is 18.2 Å². The van der Waals surface area contributed by atoms with Crippen molar-refractivity contribution < 1.29 is 13.3 Å². The summed E-state index contributed by atoms with van der Waals surface area (Å²) in [5.41, 5.74) is 7.35. The molecule has 3 rings (SSSR count). The Balaban J connectivity index is 2.16. The van der Waals surface area contributed by atoms with E-state index >= 15 is 0 Å². The first kappa shape index (κ1) is 13.6. The van der Waals surface area contributed by atoms with Crippen molar-refractivity contribution in [3.05, 3.63) is 59.1 Å². The van der Waals surface area contributed by atoms with Gasteiger partial charge < -0.3 is 10.3 Å². The monoisotopic (exact) mass is 306 g/mol. The van der Waals surface area contributed by atoms with E-state index < -0.39 is 5.82 Å². The fourth-order valence-corrected chi connectivity index (χ4v) is 2.15. The quantitative estimate of drug-likeness (QED) is 0.757. The highest BCUT2D eigenvalue weighted by Gasteiger charge is 2.18. The second-order valence-corrected chi connectivity index (χ2v) is 4.81. The van der Waals surface area contributed by atoms with Gasteiger partial charge in [-0.05, 0) is 35.9 Å². The average molecular weight is 307 g/mol. The minimum Gasteiger partial charge on any atom is -0.380 e. The molecule has 6 heteroatoms. The van der Waals surface area contributed by atoms with Crippen molar-refractivity contribution in [3.63, 3.8) is 0 Å². The Kier molecular flexibility index (Phi) is 3.35. The molecule has 0 aliphatic rings. The zero-order valence-corrected chi connectivity index (χ0v) is 11.4. The van der Waals surface area contributed by atoms with Crippen molar-refractivity contribution >= 4 is 17.4 Å². The summed E-state index contributed by atoms with van der Waals surface area (Å²) in [4.78, 5) is 0. The molecule has 0 unspecified atom stereocenters. The van der Waals surface area contributed by atoms with Crippen LogP contribution in [0.5, 0.6) is 0 Å². The highest BCUT2D eigenvalue weighted by molar-refractivity contribution is 6.30. The molecule has 106 valence electrons. The van der Waals surface area contributed by atoms with Crippen LogP contribution < -0.4 is 5.73 Å². The number of hydrogen-bond acceptors (Lipinski definition) is 3. The Morgan fingerprint density at radius 3 is 2.33 bits per heavy atom. The first-order valence-corrected chi connectivity index (χ1v) is 6.40. The summed E-state index contributed by atoms with van der Waals surface area (Å²) in [6.45, 7) is 0. The van der Waals surface area contributed by atoms with Gasteiger partial charge in [0.1, 0.15) is 11.6 Å². The van der Waals surface area contributed by atoms with E-state index in [9.17, 15) is 8.78 Å². The van der Waals surface area contributed by atoms with E-state index in [0.717, 1.165) is 0 Å². The van der Waals surface area contributed by atoms with Gasteiger partial charge in [0.25, 0.3) is 0 Å². The van der Waals surface area contributed by atoms with Gasteiger partial charge >= 0.3 is 0 Å². The van der Waals surface area contributed by atoms with Crippen LogP contribution in [0.3, 0.4) is 0 Å². The van der Waals surface area contributed by atoms with Crippen LogP contribution in [0.15, 0.2) is 47.0 Å². The molecule has 0 amide bonds. The van der Waals surface area contributed by atoms with Gasteiger partial charge in [0, 0.05) is 5.56 Å². The number of nitrogens with two attached hydrogens (primary N) is 1. The van der Waals surface area contributed by atoms with Crippen molar-refractivity contribution in [2.75, 3.05) is 5.73 Å². The Labute approximate surface area is 123 Å². The van der Waals surface area contributed by atoms with Crippen LogP contribution in [0, 0.1) is 11.6 Å². The van der Waals surface area contributed by atoms with Crippen molar-refractivity contribution in [3.8, 4) is 22.5 Å². The molecule has 0 radical (unpaired) electrons. The van der Waals surface area contributed by atoms with Crippen LogP contribution >= 0.6 is 11.6 Å². The number of anilines is 1. The fraction of sp³-hybridized carbons (Fsp3) is 0. The maximum absolute atomic E-state index is 13.6. The highest BCUT2D eigenvalue weighted by Crippen LogP contribution is 2.37. The fourth-order valence-electron chi connectivity index (χ4n) is 2.03. The SMILES string of the molecule is Nc1noc(-c2ccc(Cl)c(F)c2)c1-c1ccc(F)cc1. The minimum absolute atomic E-state index is 0.00886. The lowest BCUT2D eigenvalue weighted by Gasteiger charge is -2.04. The number of aromatic nitrogens is 1. The first-order chi connectivity index (χ1) is 10.1. The summed E-state index contributed by atoms with van der Waals surface area (Å²) in [5.74, 6) is -0.497. The smallest absolute Gasteiger partial charge is 0.177 e. The number of benzene rings is 2. The molecule has 3 nitrogen and oxygen atoms in total. The molecule has 0 aliphatic heterocycles. The Morgan fingerprint density at radius 1 is 1.00 bits per heavy atom. The van der Waals surface area contributed by atoms with Gasteiger partial charge in [0.2, 0.25) is 0 Å². The Hall–Kier alpha value is -2.40. The van der Waals surface area contributed by atoms with Crippen LogP contribution in [0.25, 0.3) is 22.5 Å². The summed E-state index contributed by atoms with van der Waals surface area (Å²) in [5, 5.41) is 3.71. The minimum atomic E-state index is -0.575. The maximum Gasteiger partial charge on any atom is 0.177 e. The Morgan fingerprint density at radius 2 is 1.67 bits per heavy atom. The molecule has 2 aromatic carbocycles. The molecule has 0 bridgehead atoms. The summed E-state index contributed by atoms with van der Waals surface area (Å²) in [7, 11) is 0. The second kappa shape index (κ2) is 5.18. The van der Waals surface area contributed by atoms with E-state index in [1.807, 2.05) is 0 Å². The molecule has 0 aliphatic carbocycles. The molecular formula is C15H9ClF2N2O. The van der Waals surface area contributed by atoms with E-state index in [4.69, 9.17) is 21.9 Å². The number of rotatable bonds is 2. The third-order valence-electron chi connectivity index (χ3n) is 3.03. The predicted octanol–water partition coefficient (Wildman–Crippen LogP) is 4.52. The van der Waals surface area contributed by atoms with Crippen molar-refractivity contribution in [2.45, 2.75) is 0 Å². The van der Waals surface area contributed by atoms with Crippen molar-refractivity contribution in [1.82, 2.24) is 5.16 Å². The molecule has 0 saturated heterocycles. The molecule has 0 fully saturated rings. The molecule has 0 atom stereocenters. The standard InChI is InChI=1S/C15H9ClF2N2O/c16-11-6-3-9(7-12(11)18)14-13(15(19)20-21-14)8-1-4-10(17)5-2-8/h1-7H,(H2,19,20). The van der Waals surface area contributed by atoms with Gasteiger partial charge in [-0.1, -0.05) is 28.9 Å². The van der Waals surface area contributed by atoms with Crippen LogP contribution in [0.1, 0.15) is 0 Å². The van der Waals surface area contributed by atoms with Gasteiger partial charge in [-0.3, -0.25) is 0 Å². The third kappa shape index (κ3) is 2.48. The molecule has 21 heavy (non-hydrogen) atoms. The summed E-state index contributed by atoms with van der Waals surface area (Å²) in [6.07, 6.45) is 0. The Bertz CT molecular complexity index is 800. The topological polar surface area (TPSA) is 52.0 Å². The van der Waals surface area contributed by atoms with Gasteiger partial charge in [0.05, 0.1) is 10.6 Å². The molecule has 1 aromatic heterocycles. The first-order valence-electron chi connectivity index (χ1n) is 6.03. The number of hydrogen-bond donors (Lipinski definition) is 1. The van der Waals surface area contributed by atoms with Crippen LogP contribution in [-0.4, -0.2) is 5.16 Å². The second-order valence-electron chi connectivity index (χ2n) is 4.41. The van der Waals surface area contributed by atoms with E-state index in [-0.39, 0.29) is 16.7 Å². The molecule has 0 spiro atoms. The molecule has 1 heterocycles. The summed E-state index contributed by atoms with van der Waals surface area (Å²) in [6, 6.07) is 9.94. The van der Waals surface area contributed by atoms with Gasteiger partial charge in [-0.2, -0.15) is 0 Å². The molecule has 2 N–H and O–H groups in total. The van der Waals surface area contributed by atoms with Crippen LogP contribution in [0.2, 0.25) is 5.02 Å². The third-order valence-corrected chi connectivity index (χ3v) is 3.34. The summed E-state index contributed by atoms with van der Waals surface area (Å²) >= 11 is 5.66. The zero-order valence-electron chi connectivity index (χ0n) is 10.6. The average Bonchev–Trinajstić information content (AvgIpc) is 2.85. The largest absolute Gasteiger partial charge is 0.380 e. The van der Waals surface area contributed by atoms with E-state index in [2.05, 4.69) is 5.16 Å². The van der Waals surface area contributed by atoms with Gasteiger partial charge in [0.15, 0.2) is 11.6 Å². The van der Waals surface area contributed by atoms with Crippen molar-refractivity contribution in [1.29, 1.82) is 0 Å². The lowest BCUT2D eigenvalue weighted by Crippen LogP contribution is -1.89. The van der Waals surface area contributed by atoms with Crippen molar-refractivity contribution in [2.24, 2.45) is 0 Å². The normalized spacial score (nSPS) is 10.8. The number of halogens is 3. The lowest BCUT2D eigenvalue weighted by atomic mass is 10.0. The molecule has 0 saturated carbocycles. The lowest BCUT2D eigenvalue weighted by molar-refractivity contribution is 0.436. The highest BCUT2D eigenvalue weighted by atomic mass is 35.5. The number of nitrogens with zero attached hydrogens (tertiary/aromatic N) is 1. The van der Waals surface area contributed by atoms with E-state index in [0.29, 0.717) is 22.5 Å². The van der Waals surface area contributed by atoms with Crippen LogP contribution in [-0.2, 0) is 0 Å². The van der Waals surface area contributed by atoms with Gasteiger partial charge in [-0.15, -0.1) is 0 Å². The van der Waals surface area contributed by atoms with Gasteiger partial charge in [-0.25, -0.2) is 8.78 Å². The zero-order chi connectivity index (χ0) is 15.0. The molecular weight excluding hydrogens is 298 g/mol. The maximum atomic E-state index is 13.6. The summed E-state index contributed by atoms with van der Waals surface area (Å²) < 4.78 is 31.8. The number of nitrogen functional groups attached to an aromatic ring is 1. The predicted molar refractivity (Wildman–Crippen MR) is 76.7 cm³/mol.